The summed E-state index contributed by atoms with van der Waals surface area (Å²) in [5, 5.41) is 8.20. The Bertz CT molecular complexity index is 20.0. The maximum Gasteiger partial charge on any atom is 0.187 e. The Kier molecular flexibility index (Phi) is 14.5. The van der Waals surface area contributed by atoms with Gasteiger partial charge in [0.25, 0.3) is 0 Å². The number of hydrogen-bond acceptors (Lipinski definition) is 1. The quantitative estimate of drug-likeness (QED) is 0.408. The Balaban J connectivity index is 0. The van der Waals surface area contributed by atoms with Crippen LogP contribution in [0.25, 0.3) is 0 Å². The fraction of sp³-hybridized carbons (Fsp3) is 1.00. The van der Waals surface area contributed by atoms with Crippen LogP contribution in [0.1, 0.15) is 26.2 Å². The molecule has 2 heteroatoms. The van der Waals surface area contributed by atoms with E-state index in [4.69, 9.17) is 5.11 Å². The van der Waals surface area contributed by atoms with E-state index in [1.54, 1.807) is 0 Å². The molecule has 0 aromatic heterocycles. The van der Waals surface area contributed by atoms with Gasteiger partial charge in [-0.15, -0.1) is 0 Å². The first-order chi connectivity index (χ1) is 2.91. The van der Waals surface area contributed by atoms with Gasteiger partial charge in [0.1, 0.15) is 0 Å². The van der Waals surface area contributed by atoms with Crippen molar-refractivity contribution in [3.8, 4) is 0 Å². The molecule has 0 unspecified atom stereocenters. The highest BCUT2D eigenvalue weighted by molar-refractivity contribution is 5.75. The second-order valence-corrected chi connectivity index (χ2v) is 1.43. The first kappa shape index (κ1) is 10.5. The molecule has 0 saturated heterocycles. The Morgan fingerprint density at radius 1 is 1.29 bits per heavy atom. The lowest BCUT2D eigenvalue weighted by atomic mass is 10.3. The normalized spacial score (nSPS) is 7.71. The molecule has 0 fully saturated rings. The van der Waals surface area contributed by atoms with Crippen molar-refractivity contribution in [3.05, 3.63) is 0 Å². The highest BCUT2D eigenvalue weighted by atomic mass is 27.0. The van der Waals surface area contributed by atoms with Gasteiger partial charge in [-0.2, -0.15) is 0 Å². The zero-order chi connectivity index (χ0) is 4.83. The Labute approximate surface area is 55.9 Å². The lowest BCUT2D eigenvalue weighted by Crippen LogP contribution is -1.78. The third-order valence-electron chi connectivity index (χ3n) is 0.762. The molecular formula is C5H15AlO. The van der Waals surface area contributed by atoms with E-state index in [1.165, 1.54) is 6.42 Å². The molecule has 7 heavy (non-hydrogen) atoms. The van der Waals surface area contributed by atoms with Crippen LogP contribution in [0.5, 0.6) is 0 Å². The van der Waals surface area contributed by atoms with Gasteiger partial charge in [0, 0.05) is 6.61 Å². The van der Waals surface area contributed by atoms with Crippen molar-refractivity contribution in [2.75, 3.05) is 6.61 Å². The standard InChI is InChI=1S/C5H12O.Al.3H/c1-2-3-4-5-6;;;;/h6H,2-5H2,1H3;;;;. The summed E-state index contributed by atoms with van der Waals surface area (Å²) in [5.41, 5.74) is 0. The predicted molar refractivity (Wildman–Crippen MR) is 36.5 cm³/mol. The summed E-state index contributed by atoms with van der Waals surface area (Å²) in [7, 11) is 0. The first-order valence-electron chi connectivity index (χ1n) is 2.52. The minimum atomic E-state index is 0. The van der Waals surface area contributed by atoms with Crippen molar-refractivity contribution < 1.29 is 5.11 Å². The van der Waals surface area contributed by atoms with Crippen LogP contribution < -0.4 is 0 Å². The molecule has 0 bridgehead atoms. The molecule has 0 aliphatic rings. The average molecular weight is 118 g/mol. The highest BCUT2D eigenvalue weighted by Gasteiger charge is 1.76. The Morgan fingerprint density at radius 3 is 2.00 bits per heavy atom. The smallest absolute Gasteiger partial charge is 0.187 e. The van der Waals surface area contributed by atoms with Crippen LogP contribution in [0.4, 0.5) is 0 Å². The molecule has 44 valence electrons. The van der Waals surface area contributed by atoms with Gasteiger partial charge >= 0.3 is 0 Å². The van der Waals surface area contributed by atoms with Gasteiger partial charge in [0.2, 0.25) is 0 Å². The first-order valence-corrected chi connectivity index (χ1v) is 2.52. The van der Waals surface area contributed by atoms with Gasteiger partial charge in [-0.3, -0.25) is 0 Å². The molecule has 0 rings (SSSR count). The Hall–Kier alpha value is 0.492. The van der Waals surface area contributed by atoms with Crippen LogP contribution >= 0.6 is 0 Å². The summed E-state index contributed by atoms with van der Waals surface area (Å²) in [6.45, 7) is 2.48. The summed E-state index contributed by atoms with van der Waals surface area (Å²) in [4.78, 5) is 0. The maximum atomic E-state index is 8.20. The van der Waals surface area contributed by atoms with Crippen molar-refractivity contribution in [3.63, 3.8) is 0 Å². The number of unbranched alkanes of at least 4 members (excludes halogenated alkanes) is 2. The number of aliphatic hydroxyl groups excluding tert-OH is 1. The van der Waals surface area contributed by atoms with E-state index >= 15 is 0 Å². The highest BCUT2D eigenvalue weighted by Crippen LogP contribution is 1.89. The molecule has 0 atom stereocenters. The van der Waals surface area contributed by atoms with E-state index in [1.807, 2.05) is 0 Å². The summed E-state index contributed by atoms with van der Waals surface area (Å²) < 4.78 is 0. The van der Waals surface area contributed by atoms with E-state index in [2.05, 4.69) is 6.92 Å². The molecule has 0 aliphatic carbocycles. The average Bonchev–Trinajstić information content (AvgIpc) is 1.61. The lowest BCUT2D eigenvalue weighted by molar-refractivity contribution is 0.284. The SMILES string of the molecule is CCCCCO.[AlH3]. The van der Waals surface area contributed by atoms with Crippen LogP contribution in [0.15, 0.2) is 0 Å². The van der Waals surface area contributed by atoms with E-state index in [9.17, 15) is 0 Å². The molecule has 1 nitrogen and oxygen atoms in total. The molecule has 0 heterocycles. The predicted octanol–water partition coefficient (Wildman–Crippen LogP) is -0.0150. The van der Waals surface area contributed by atoms with Crippen molar-refractivity contribution >= 4 is 17.4 Å². The zero-order valence-corrected chi connectivity index (χ0v) is 4.28. The second kappa shape index (κ2) is 9.70. The van der Waals surface area contributed by atoms with Gasteiger partial charge in [0.15, 0.2) is 17.4 Å². The summed E-state index contributed by atoms with van der Waals surface area (Å²) >= 11 is 0. The van der Waals surface area contributed by atoms with Crippen LogP contribution in [0.2, 0.25) is 0 Å². The van der Waals surface area contributed by atoms with E-state index < -0.39 is 0 Å². The third kappa shape index (κ3) is 10.7. The lowest BCUT2D eigenvalue weighted by Gasteiger charge is -1.85. The molecule has 0 amide bonds. The summed E-state index contributed by atoms with van der Waals surface area (Å²) in [5.74, 6) is 0. The van der Waals surface area contributed by atoms with E-state index in [0.717, 1.165) is 12.8 Å². The minimum absolute atomic E-state index is 0. The Morgan fingerprint density at radius 2 is 1.86 bits per heavy atom. The van der Waals surface area contributed by atoms with Crippen molar-refractivity contribution in [2.45, 2.75) is 26.2 Å². The van der Waals surface area contributed by atoms with Crippen molar-refractivity contribution in [1.29, 1.82) is 0 Å². The van der Waals surface area contributed by atoms with Gasteiger partial charge in [-0.1, -0.05) is 19.8 Å². The molecule has 0 aliphatic heterocycles. The molecule has 0 radical (unpaired) electrons. The number of aliphatic hydroxyl groups is 1. The number of rotatable bonds is 3. The van der Waals surface area contributed by atoms with Crippen molar-refractivity contribution in [2.24, 2.45) is 0 Å². The molecule has 1 N–H and O–H groups in total. The minimum Gasteiger partial charge on any atom is -0.396 e. The summed E-state index contributed by atoms with van der Waals surface area (Å²) in [6, 6.07) is 0. The molecule has 0 spiro atoms. The van der Waals surface area contributed by atoms with Crippen LogP contribution in [-0.2, 0) is 0 Å². The maximum absolute atomic E-state index is 8.20. The van der Waals surface area contributed by atoms with E-state index in [-0.39, 0.29) is 17.4 Å². The van der Waals surface area contributed by atoms with Gasteiger partial charge < -0.3 is 5.11 Å². The second-order valence-electron chi connectivity index (χ2n) is 1.43. The zero-order valence-electron chi connectivity index (χ0n) is 4.28. The topological polar surface area (TPSA) is 20.2 Å². The van der Waals surface area contributed by atoms with E-state index in [0.29, 0.717) is 6.61 Å². The van der Waals surface area contributed by atoms with Crippen LogP contribution in [0, 0.1) is 0 Å². The molecule has 0 aromatic carbocycles. The fourth-order valence-electron chi connectivity index (χ4n) is 0.362. The largest absolute Gasteiger partial charge is 0.396 e. The van der Waals surface area contributed by atoms with Crippen molar-refractivity contribution in [1.82, 2.24) is 0 Å². The van der Waals surface area contributed by atoms with Gasteiger partial charge in [-0.05, 0) is 6.42 Å². The summed E-state index contributed by atoms with van der Waals surface area (Å²) in [6.07, 6.45) is 3.33. The van der Waals surface area contributed by atoms with Gasteiger partial charge in [0.05, 0.1) is 0 Å². The van der Waals surface area contributed by atoms with Gasteiger partial charge in [-0.25, -0.2) is 0 Å². The monoisotopic (exact) mass is 118 g/mol. The van der Waals surface area contributed by atoms with Crippen LogP contribution in [0.3, 0.4) is 0 Å². The van der Waals surface area contributed by atoms with Crippen LogP contribution in [-0.4, -0.2) is 29.1 Å². The fourth-order valence-corrected chi connectivity index (χ4v) is 0.362. The number of hydrogen-bond donors (Lipinski definition) is 1. The third-order valence-corrected chi connectivity index (χ3v) is 0.762. The molecule has 0 aromatic rings. The molecule has 0 saturated carbocycles. The molecular weight excluding hydrogens is 103 g/mol.